The van der Waals surface area contributed by atoms with Crippen LogP contribution in [0.3, 0.4) is 0 Å². The standard InChI is InChI=1S/C13H21N5/c1-8(2)18-11(5)13(10(4)17-18)14-6-12-9(3)15-7-16-12/h7-8,14H,6H2,1-5H3,(H,15,16). The summed E-state index contributed by atoms with van der Waals surface area (Å²) in [6.07, 6.45) is 1.73. The minimum atomic E-state index is 0.381. The summed E-state index contributed by atoms with van der Waals surface area (Å²) in [6.45, 7) is 11.2. The molecule has 0 aliphatic heterocycles. The summed E-state index contributed by atoms with van der Waals surface area (Å²) >= 11 is 0. The van der Waals surface area contributed by atoms with Gasteiger partial charge in [0, 0.05) is 11.7 Å². The van der Waals surface area contributed by atoms with Crippen LogP contribution in [0.2, 0.25) is 0 Å². The molecule has 0 amide bonds. The number of aryl methyl sites for hydroxylation is 2. The second kappa shape index (κ2) is 4.84. The lowest BCUT2D eigenvalue weighted by Gasteiger charge is -2.09. The Balaban J connectivity index is 2.17. The number of hydrogen-bond donors (Lipinski definition) is 2. The van der Waals surface area contributed by atoms with Crippen molar-refractivity contribution < 1.29 is 0 Å². The fourth-order valence-corrected chi connectivity index (χ4v) is 2.16. The van der Waals surface area contributed by atoms with E-state index in [-0.39, 0.29) is 0 Å². The molecule has 0 saturated heterocycles. The van der Waals surface area contributed by atoms with Gasteiger partial charge in [-0.3, -0.25) is 4.68 Å². The molecule has 0 bridgehead atoms. The van der Waals surface area contributed by atoms with Crippen molar-refractivity contribution in [1.82, 2.24) is 19.7 Å². The third-order valence-corrected chi connectivity index (χ3v) is 3.18. The summed E-state index contributed by atoms with van der Waals surface area (Å²) in [6, 6.07) is 0.381. The molecule has 0 aliphatic rings. The van der Waals surface area contributed by atoms with Crippen LogP contribution in [0.1, 0.15) is 42.7 Å². The minimum Gasteiger partial charge on any atom is -0.376 e. The average molecular weight is 247 g/mol. The van der Waals surface area contributed by atoms with Crippen LogP contribution in [0.25, 0.3) is 0 Å². The second-order valence-corrected chi connectivity index (χ2v) is 4.91. The van der Waals surface area contributed by atoms with Gasteiger partial charge in [0.2, 0.25) is 0 Å². The molecule has 0 radical (unpaired) electrons. The zero-order valence-corrected chi connectivity index (χ0v) is 11.7. The number of nitrogens with one attached hydrogen (secondary N) is 2. The van der Waals surface area contributed by atoms with Crippen molar-refractivity contribution in [3.05, 3.63) is 29.1 Å². The van der Waals surface area contributed by atoms with Crippen LogP contribution < -0.4 is 5.32 Å². The van der Waals surface area contributed by atoms with Crippen LogP contribution in [0.4, 0.5) is 5.69 Å². The normalized spacial score (nSPS) is 11.2. The molecule has 2 aromatic rings. The number of nitrogens with zero attached hydrogens (tertiary/aromatic N) is 3. The molecule has 18 heavy (non-hydrogen) atoms. The Bertz CT molecular complexity index is 536. The highest BCUT2D eigenvalue weighted by Crippen LogP contribution is 2.22. The first-order valence-electron chi connectivity index (χ1n) is 6.29. The number of anilines is 1. The maximum Gasteiger partial charge on any atom is 0.0925 e. The Hall–Kier alpha value is -1.78. The zero-order valence-electron chi connectivity index (χ0n) is 11.7. The number of aromatic nitrogens is 4. The van der Waals surface area contributed by atoms with Crippen LogP contribution in [-0.4, -0.2) is 19.7 Å². The van der Waals surface area contributed by atoms with Gasteiger partial charge in [0.05, 0.1) is 35.6 Å². The van der Waals surface area contributed by atoms with E-state index in [4.69, 9.17) is 0 Å². The van der Waals surface area contributed by atoms with Crippen molar-refractivity contribution in [2.75, 3.05) is 5.32 Å². The van der Waals surface area contributed by atoms with Gasteiger partial charge in [-0.1, -0.05) is 0 Å². The quantitative estimate of drug-likeness (QED) is 0.873. The van der Waals surface area contributed by atoms with E-state index < -0.39 is 0 Å². The lowest BCUT2D eigenvalue weighted by Crippen LogP contribution is -2.06. The Morgan fingerprint density at radius 1 is 1.33 bits per heavy atom. The zero-order chi connectivity index (χ0) is 13.3. The third kappa shape index (κ3) is 2.25. The monoisotopic (exact) mass is 247 g/mol. The third-order valence-electron chi connectivity index (χ3n) is 3.18. The summed E-state index contributed by atoms with van der Waals surface area (Å²) in [5.41, 5.74) is 5.48. The second-order valence-electron chi connectivity index (χ2n) is 4.91. The molecular weight excluding hydrogens is 226 g/mol. The maximum absolute atomic E-state index is 4.56. The van der Waals surface area contributed by atoms with Crippen molar-refractivity contribution in [3.8, 4) is 0 Å². The van der Waals surface area contributed by atoms with Crippen LogP contribution in [0, 0.1) is 20.8 Å². The molecule has 0 atom stereocenters. The van der Waals surface area contributed by atoms with E-state index in [1.54, 1.807) is 6.33 Å². The van der Waals surface area contributed by atoms with Gasteiger partial charge in [-0.05, 0) is 34.6 Å². The van der Waals surface area contributed by atoms with Crippen molar-refractivity contribution in [3.63, 3.8) is 0 Å². The minimum absolute atomic E-state index is 0.381. The highest BCUT2D eigenvalue weighted by molar-refractivity contribution is 5.52. The Morgan fingerprint density at radius 3 is 2.56 bits per heavy atom. The molecule has 0 unspecified atom stereocenters. The Labute approximate surface area is 108 Å². The fourth-order valence-electron chi connectivity index (χ4n) is 2.16. The molecule has 0 fully saturated rings. The first-order valence-corrected chi connectivity index (χ1v) is 6.29. The maximum atomic E-state index is 4.56. The Kier molecular flexibility index (Phi) is 3.41. The smallest absolute Gasteiger partial charge is 0.0925 e. The van der Waals surface area contributed by atoms with E-state index in [1.807, 2.05) is 13.8 Å². The molecule has 0 saturated carbocycles. The molecule has 98 valence electrons. The van der Waals surface area contributed by atoms with Gasteiger partial charge in [0.25, 0.3) is 0 Å². The van der Waals surface area contributed by atoms with Crippen LogP contribution in [0.5, 0.6) is 0 Å². The van der Waals surface area contributed by atoms with Crippen molar-refractivity contribution in [1.29, 1.82) is 0 Å². The van der Waals surface area contributed by atoms with Crippen molar-refractivity contribution in [2.45, 2.75) is 47.2 Å². The van der Waals surface area contributed by atoms with Gasteiger partial charge in [-0.25, -0.2) is 4.98 Å². The summed E-state index contributed by atoms with van der Waals surface area (Å²) in [7, 11) is 0. The SMILES string of the molecule is Cc1nn(C(C)C)c(C)c1NCc1nc[nH]c1C. The Morgan fingerprint density at radius 2 is 2.06 bits per heavy atom. The van der Waals surface area contributed by atoms with Gasteiger partial charge in [-0.2, -0.15) is 5.10 Å². The van der Waals surface area contributed by atoms with Crippen LogP contribution in [0.15, 0.2) is 6.33 Å². The van der Waals surface area contributed by atoms with Crippen molar-refractivity contribution in [2.24, 2.45) is 0 Å². The van der Waals surface area contributed by atoms with Gasteiger partial charge < -0.3 is 10.3 Å². The van der Waals surface area contributed by atoms with Crippen molar-refractivity contribution >= 4 is 5.69 Å². The van der Waals surface area contributed by atoms with Gasteiger partial charge >= 0.3 is 0 Å². The average Bonchev–Trinajstić information content (AvgIpc) is 2.82. The van der Waals surface area contributed by atoms with Crippen LogP contribution in [-0.2, 0) is 6.54 Å². The summed E-state index contributed by atoms with van der Waals surface area (Å²) in [5.74, 6) is 0. The summed E-state index contributed by atoms with van der Waals surface area (Å²) in [5, 5.41) is 7.99. The van der Waals surface area contributed by atoms with Crippen LogP contribution >= 0.6 is 0 Å². The number of rotatable bonds is 4. The summed E-state index contributed by atoms with van der Waals surface area (Å²) in [4.78, 5) is 7.37. The molecule has 0 aliphatic carbocycles. The predicted molar refractivity (Wildman–Crippen MR) is 72.7 cm³/mol. The van der Waals surface area contributed by atoms with E-state index in [2.05, 4.69) is 45.8 Å². The lowest BCUT2D eigenvalue weighted by atomic mass is 10.2. The number of aromatic amines is 1. The molecular formula is C13H21N5. The highest BCUT2D eigenvalue weighted by Gasteiger charge is 2.13. The fraction of sp³-hybridized carbons (Fsp3) is 0.538. The number of H-pyrrole nitrogens is 1. The van der Waals surface area contributed by atoms with Gasteiger partial charge in [-0.15, -0.1) is 0 Å². The topological polar surface area (TPSA) is 58.5 Å². The molecule has 0 spiro atoms. The molecule has 0 aromatic carbocycles. The predicted octanol–water partition coefficient (Wildman–Crippen LogP) is 2.72. The molecule has 2 N–H and O–H groups in total. The van der Waals surface area contributed by atoms with E-state index >= 15 is 0 Å². The molecule has 5 nitrogen and oxygen atoms in total. The van der Waals surface area contributed by atoms with E-state index in [9.17, 15) is 0 Å². The highest BCUT2D eigenvalue weighted by atomic mass is 15.3. The molecule has 2 heterocycles. The van der Waals surface area contributed by atoms with Gasteiger partial charge in [0.1, 0.15) is 0 Å². The summed E-state index contributed by atoms with van der Waals surface area (Å²) < 4.78 is 2.05. The van der Waals surface area contributed by atoms with Gasteiger partial charge in [0.15, 0.2) is 0 Å². The first-order chi connectivity index (χ1) is 8.50. The lowest BCUT2D eigenvalue weighted by molar-refractivity contribution is 0.516. The van der Waals surface area contributed by atoms with E-state index in [0.717, 1.165) is 29.3 Å². The molecule has 5 heteroatoms. The van der Waals surface area contributed by atoms with E-state index in [1.165, 1.54) is 5.69 Å². The molecule has 2 rings (SSSR count). The van der Waals surface area contributed by atoms with E-state index in [0.29, 0.717) is 6.04 Å². The first kappa shape index (κ1) is 12.7. The largest absolute Gasteiger partial charge is 0.376 e. The number of imidazole rings is 1. The number of hydrogen-bond acceptors (Lipinski definition) is 3. The molecule has 2 aromatic heterocycles.